The van der Waals surface area contributed by atoms with Crippen LogP contribution in [0, 0.1) is 0 Å². The Balaban J connectivity index is 1.69. The number of nitrogens with two attached hydrogens (primary N) is 1. The Kier molecular flexibility index (Phi) is 4.44. The maximum atomic E-state index is 6.06. The summed E-state index contributed by atoms with van der Waals surface area (Å²) in [6.45, 7) is 0. The van der Waals surface area contributed by atoms with Gasteiger partial charge in [0.2, 0.25) is 0 Å². The summed E-state index contributed by atoms with van der Waals surface area (Å²) in [7, 11) is 0. The van der Waals surface area contributed by atoms with Crippen LogP contribution in [0.2, 0.25) is 0 Å². The second-order valence-electron chi connectivity index (χ2n) is 8.07. The van der Waals surface area contributed by atoms with Crippen LogP contribution in [0.5, 0.6) is 0 Å². The monoisotopic (exact) mass is 434 g/mol. The number of hydrogen-bond donors (Lipinski definition) is 1. The van der Waals surface area contributed by atoms with Gasteiger partial charge in [0.15, 0.2) is 5.13 Å². The molecular weight excluding hydrogens is 412 g/mol. The number of benzene rings is 3. The van der Waals surface area contributed by atoms with Gasteiger partial charge < -0.3 is 5.73 Å². The van der Waals surface area contributed by atoms with Crippen molar-refractivity contribution in [1.29, 1.82) is 0 Å². The standard InChI is InChI=1S/C27H22N4S/c28-26-29-25-22-18-31(30-23(22)16-17-24(25)32-26)27(19-10-4-1-5-11-19,20-12-6-2-7-13-20)21-14-8-3-9-15-21/h1-15,18H,16-17H2,(H2,28,29). The fourth-order valence-corrected chi connectivity index (χ4v) is 5.73. The molecule has 2 N–H and O–H groups in total. The SMILES string of the molecule is Nc1nc2c(s1)CCc1nn(C(c3ccccc3)(c3ccccc3)c3ccccc3)cc1-2. The molecule has 5 heteroatoms. The van der Waals surface area contributed by atoms with Gasteiger partial charge in [-0.25, -0.2) is 4.98 Å². The molecule has 0 spiro atoms. The molecule has 1 aliphatic carbocycles. The van der Waals surface area contributed by atoms with Crippen molar-refractivity contribution in [3.63, 3.8) is 0 Å². The van der Waals surface area contributed by atoms with E-state index in [-0.39, 0.29) is 0 Å². The molecule has 3 aromatic carbocycles. The minimum atomic E-state index is -0.608. The number of rotatable bonds is 4. The first-order chi connectivity index (χ1) is 15.8. The second-order valence-corrected chi connectivity index (χ2v) is 9.18. The number of nitrogen functional groups attached to an aromatic ring is 1. The van der Waals surface area contributed by atoms with E-state index in [1.165, 1.54) is 4.88 Å². The van der Waals surface area contributed by atoms with E-state index in [1.807, 2.05) is 0 Å². The van der Waals surface area contributed by atoms with E-state index < -0.39 is 5.54 Å². The number of nitrogens with zero attached hydrogens (tertiary/aromatic N) is 3. The van der Waals surface area contributed by atoms with Gasteiger partial charge in [0.05, 0.1) is 11.4 Å². The molecular formula is C27H22N4S. The highest BCUT2D eigenvalue weighted by atomic mass is 32.1. The van der Waals surface area contributed by atoms with Crippen LogP contribution in [0.15, 0.2) is 97.2 Å². The largest absolute Gasteiger partial charge is 0.375 e. The molecule has 0 radical (unpaired) electrons. The zero-order valence-corrected chi connectivity index (χ0v) is 18.3. The quantitative estimate of drug-likeness (QED) is 0.379. The van der Waals surface area contributed by atoms with E-state index in [9.17, 15) is 0 Å². The molecule has 4 nitrogen and oxygen atoms in total. The third-order valence-electron chi connectivity index (χ3n) is 6.27. The summed E-state index contributed by atoms with van der Waals surface area (Å²) in [5.74, 6) is 0. The Labute approximate surface area is 191 Å². The number of fused-ring (bicyclic) bond motifs is 3. The third-order valence-corrected chi connectivity index (χ3v) is 7.21. The summed E-state index contributed by atoms with van der Waals surface area (Å²) in [5, 5.41) is 5.82. The summed E-state index contributed by atoms with van der Waals surface area (Å²) in [6.07, 6.45) is 3.99. The zero-order valence-electron chi connectivity index (χ0n) is 17.5. The predicted molar refractivity (Wildman–Crippen MR) is 130 cm³/mol. The van der Waals surface area contributed by atoms with E-state index in [1.54, 1.807) is 11.3 Å². The van der Waals surface area contributed by atoms with Crippen LogP contribution in [0.25, 0.3) is 11.3 Å². The third kappa shape index (κ3) is 2.82. The van der Waals surface area contributed by atoms with E-state index in [0.717, 1.165) is 46.5 Å². The van der Waals surface area contributed by atoms with Crippen molar-refractivity contribution >= 4 is 16.5 Å². The Hall–Kier alpha value is -3.70. The van der Waals surface area contributed by atoms with Gasteiger partial charge in [-0.1, -0.05) is 91.0 Å². The van der Waals surface area contributed by atoms with Gasteiger partial charge in [-0.05, 0) is 29.5 Å². The van der Waals surface area contributed by atoms with Gasteiger partial charge in [0.25, 0.3) is 0 Å². The van der Waals surface area contributed by atoms with Gasteiger partial charge in [-0.2, -0.15) is 5.10 Å². The molecule has 1 aliphatic rings. The summed E-state index contributed by atoms with van der Waals surface area (Å²) >= 11 is 1.59. The van der Waals surface area contributed by atoms with Crippen LogP contribution in [0.3, 0.4) is 0 Å². The minimum Gasteiger partial charge on any atom is -0.375 e. The molecule has 5 aromatic rings. The molecule has 0 bridgehead atoms. The summed E-state index contributed by atoms with van der Waals surface area (Å²) in [5.41, 5.74) is 12.1. The van der Waals surface area contributed by atoms with E-state index in [4.69, 9.17) is 10.8 Å². The van der Waals surface area contributed by atoms with E-state index in [2.05, 4.69) is 107 Å². The number of thiazole rings is 1. The molecule has 32 heavy (non-hydrogen) atoms. The van der Waals surface area contributed by atoms with Crippen molar-refractivity contribution < 1.29 is 0 Å². The Morgan fingerprint density at radius 2 is 1.28 bits per heavy atom. The smallest absolute Gasteiger partial charge is 0.180 e. The van der Waals surface area contributed by atoms with Gasteiger partial charge in [0, 0.05) is 16.6 Å². The molecule has 0 unspecified atom stereocenters. The maximum absolute atomic E-state index is 6.06. The molecule has 0 saturated heterocycles. The first kappa shape index (κ1) is 19.0. The topological polar surface area (TPSA) is 56.7 Å². The zero-order chi connectivity index (χ0) is 21.5. The van der Waals surface area contributed by atoms with Crippen molar-refractivity contribution in [1.82, 2.24) is 14.8 Å². The molecule has 2 heterocycles. The Morgan fingerprint density at radius 3 is 1.81 bits per heavy atom. The summed E-state index contributed by atoms with van der Waals surface area (Å²) in [6, 6.07) is 31.9. The number of anilines is 1. The van der Waals surface area contributed by atoms with Crippen LogP contribution in [-0.4, -0.2) is 14.8 Å². The molecule has 2 aromatic heterocycles. The fraction of sp³-hybridized carbons (Fsp3) is 0.111. The van der Waals surface area contributed by atoms with Gasteiger partial charge in [0.1, 0.15) is 5.54 Å². The Morgan fingerprint density at radius 1 is 0.750 bits per heavy atom. The van der Waals surface area contributed by atoms with Crippen LogP contribution in [0.4, 0.5) is 5.13 Å². The van der Waals surface area contributed by atoms with Crippen LogP contribution in [0.1, 0.15) is 27.3 Å². The molecule has 156 valence electrons. The molecule has 6 rings (SSSR count). The van der Waals surface area contributed by atoms with Gasteiger partial charge >= 0.3 is 0 Å². The lowest BCUT2D eigenvalue weighted by molar-refractivity contribution is 0.456. The molecule has 0 aliphatic heterocycles. The second kappa shape index (κ2) is 7.46. The predicted octanol–water partition coefficient (Wildman–Crippen LogP) is 5.53. The molecule has 0 amide bonds. The highest BCUT2D eigenvalue weighted by Gasteiger charge is 2.40. The van der Waals surface area contributed by atoms with Crippen LogP contribution in [-0.2, 0) is 18.4 Å². The minimum absolute atomic E-state index is 0.608. The van der Waals surface area contributed by atoms with E-state index >= 15 is 0 Å². The van der Waals surface area contributed by atoms with Crippen molar-refractivity contribution in [3.05, 3.63) is 124 Å². The van der Waals surface area contributed by atoms with Crippen LogP contribution >= 0.6 is 11.3 Å². The van der Waals surface area contributed by atoms with Gasteiger partial charge in [-0.15, -0.1) is 11.3 Å². The molecule has 0 saturated carbocycles. The highest BCUT2D eigenvalue weighted by molar-refractivity contribution is 7.15. The lowest BCUT2D eigenvalue weighted by atomic mass is 9.77. The first-order valence-corrected chi connectivity index (χ1v) is 11.6. The van der Waals surface area contributed by atoms with Crippen molar-refractivity contribution in [2.75, 3.05) is 5.73 Å². The van der Waals surface area contributed by atoms with Crippen molar-refractivity contribution in [2.24, 2.45) is 0 Å². The highest BCUT2D eigenvalue weighted by Crippen LogP contribution is 2.43. The van der Waals surface area contributed by atoms with Crippen LogP contribution < -0.4 is 5.73 Å². The number of aromatic nitrogens is 3. The van der Waals surface area contributed by atoms with Gasteiger partial charge in [-0.3, -0.25) is 4.68 Å². The Bertz CT molecular complexity index is 1270. The fourth-order valence-electron chi connectivity index (χ4n) is 4.88. The lowest BCUT2D eigenvalue weighted by Gasteiger charge is -2.36. The van der Waals surface area contributed by atoms with Crippen molar-refractivity contribution in [2.45, 2.75) is 18.4 Å². The molecule has 0 atom stereocenters. The maximum Gasteiger partial charge on any atom is 0.180 e. The average molecular weight is 435 g/mol. The molecule has 0 fully saturated rings. The number of hydrogen-bond acceptors (Lipinski definition) is 4. The normalized spacial score (nSPS) is 12.9. The summed E-state index contributed by atoms with van der Waals surface area (Å²) < 4.78 is 2.14. The van der Waals surface area contributed by atoms with E-state index in [0.29, 0.717) is 5.13 Å². The average Bonchev–Trinajstić information content (AvgIpc) is 3.45. The number of aryl methyl sites for hydroxylation is 2. The first-order valence-electron chi connectivity index (χ1n) is 10.8. The lowest BCUT2D eigenvalue weighted by Crippen LogP contribution is -2.38. The van der Waals surface area contributed by atoms with Crippen molar-refractivity contribution in [3.8, 4) is 11.3 Å². The summed E-state index contributed by atoms with van der Waals surface area (Å²) in [4.78, 5) is 5.90.